The van der Waals surface area contributed by atoms with Gasteiger partial charge in [-0.15, -0.1) is 0 Å². The van der Waals surface area contributed by atoms with Crippen molar-refractivity contribution in [2.24, 2.45) is 11.7 Å². The number of amides is 1. The van der Waals surface area contributed by atoms with Crippen LogP contribution >= 0.6 is 0 Å². The van der Waals surface area contributed by atoms with Gasteiger partial charge in [0.25, 0.3) is 0 Å². The summed E-state index contributed by atoms with van der Waals surface area (Å²) >= 11 is 0. The van der Waals surface area contributed by atoms with Crippen LogP contribution in [0, 0.1) is 5.92 Å². The van der Waals surface area contributed by atoms with E-state index in [0.717, 1.165) is 42.4 Å². The van der Waals surface area contributed by atoms with Crippen molar-refractivity contribution in [1.82, 2.24) is 5.32 Å². The molecule has 0 saturated heterocycles. The number of benzene rings is 1. The first kappa shape index (κ1) is 17.8. The average molecular weight is 342 g/mol. The molecule has 0 aliphatic heterocycles. The Hall–Kier alpha value is -2.01. The first-order valence-corrected chi connectivity index (χ1v) is 9.21. The smallest absolute Gasteiger partial charge is 0.221 e. The number of Topliss-reactive ketones (excluding diaryl/α,β-unsaturated/α-hetero) is 2. The minimum Gasteiger partial charge on any atom is -0.353 e. The average Bonchev–Trinajstić information content (AvgIpc) is 2.96. The second-order valence-corrected chi connectivity index (χ2v) is 7.33. The van der Waals surface area contributed by atoms with Crippen LogP contribution in [-0.2, 0) is 22.4 Å². The lowest BCUT2D eigenvalue weighted by atomic mass is 9.82. The zero-order valence-electron chi connectivity index (χ0n) is 14.6. The number of nitrogens with one attached hydrogen (secondary N) is 1. The molecule has 1 fully saturated rings. The summed E-state index contributed by atoms with van der Waals surface area (Å²) in [5.74, 6) is 0.798. The van der Waals surface area contributed by atoms with Crippen LogP contribution < -0.4 is 11.1 Å². The topological polar surface area (TPSA) is 89.3 Å². The lowest BCUT2D eigenvalue weighted by Crippen LogP contribution is -2.38. The number of hydrogen-bond acceptors (Lipinski definition) is 4. The third-order valence-electron chi connectivity index (χ3n) is 5.36. The molecular formula is C20H26N2O3. The van der Waals surface area contributed by atoms with Crippen molar-refractivity contribution in [3.05, 3.63) is 34.9 Å². The predicted molar refractivity (Wildman–Crippen MR) is 95.4 cm³/mol. The van der Waals surface area contributed by atoms with Crippen molar-refractivity contribution in [2.75, 3.05) is 6.54 Å². The van der Waals surface area contributed by atoms with Gasteiger partial charge in [-0.3, -0.25) is 14.4 Å². The Morgan fingerprint density at radius 2 is 1.80 bits per heavy atom. The van der Waals surface area contributed by atoms with Crippen molar-refractivity contribution in [3.8, 4) is 0 Å². The van der Waals surface area contributed by atoms with E-state index in [9.17, 15) is 14.4 Å². The van der Waals surface area contributed by atoms with Gasteiger partial charge >= 0.3 is 0 Å². The van der Waals surface area contributed by atoms with E-state index in [2.05, 4.69) is 5.32 Å². The molecule has 2 aliphatic rings. The molecule has 0 unspecified atom stereocenters. The molecule has 0 heterocycles. The summed E-state index contributed by atoms with van der Waals surface area (Å²) in [6, 6.07) is 5.91. The van der Waals surface area contributed by atoms with Crippen molar-refractivity contribution in [2.45, 2.75) is 57.4 Å². The molecule has 25 heavy (non-hydrogen) atoms. The van der Waals surface area contributed by atoms with Crippen LogP contribution in [0.4, 0.5) is 0 Å². The van der Waals surface area contributed by atoms with E-state index in [1.807, 2.05) is 18.2 Å². The number of carbonyl (C=O) groups is 3. The Morgan fingerprint density at radius 1 is 1.08 bits per heavy atom. The quantitative estimate of drug-likeness (QED) is 0.773. The first-order valence-electron chi connectivity index (χ1n) is 9.21. The summed E-state index contributed by atoms with van der Waals surface area (Å²) in [6.07, 6.45) is 5.66. The first-order chi connectivity index (χ1) is 12.0. The Bertz CT molecular complexity index is 676. The van der Waals surface area contributed by atoms with Crippen LogP contribution in [0.5, 0.6) is 0 Å². The summed E-state index contributed by atoms with van der Waals surface area (Å²) < 4.78 is 0. The van der Waals surface area contributed by atoms with E-state index in [-0.39, 0.29) is 23.5 Å². The molecule has 0 aromatic heterocycles. The lowest BCUT2D eigenvalue weighted by molar-refractivity contribution is -0.122. The third-order valence-corrected chi connectivity index (χ3v) is 5.36. The highest BCUT2D eigenvalue weighted by molar-refractivity contribution is 5.97. The lowest BCUT2D eigenvalue weighted by Gasteiger charge is -2.28. The largest absolute Gasteiger partial charge is 0.353 e. The summed E-state index contributed by atoms with van der Waals surface area (Å²) in [4.78, 5) is 35.7. The number of hydrogen-bond donors (Lipinski definition) is 2. The van der Waals surface area contributed by atoms with Crippen LogP contribution in [0.3, 0.4) is 0 Å². The molecule has 0 atom stereocenters. The highest BCUT2D eigenvalue weighted by Crippen LogP contribution is 2.29. The van der Waals surface area contributed by atoms with E-state index < -0.39 is 0 Å². The van der Waals surface area contributed by atoms with Crippen LogP contribution in [0.1, 0.15) is 60.0 Å². The molecule has 0 radical (unpaired) electrons. The van der Waals surface area contributed by atoms with Gasteiger partial charge in [-0.25, -0.2) is 0 Å². The number of rotatable bonds is 6. The van der Waals surface area contributed by atoms with E-state index in [0.29, 0.717) is 38.1 Å². The minimum atomic E-state index is 0.0229. The van der Waals surface area contributed by atoms with Gasteiger partial charge in [0.05, 0.1) is 0 Å². The summed E-state index contributed by atoms with van der Waals surface area (Å²) in [7, 11) is 0. The second kappa shape index (κ2) is 7.91. The fourth-order valence-electron chi connectivity index (χ4n) is 3.95. The van der Waals surface area contributed by atoms with Crippen LogP contribution in [-0.4, -0.2) is 30.1 Å². The predicted octanol–water partition coefficient (Wildman–Crippen LogP) is 1.95. The van der Waals surface area contributed by atoms with Gasteiger partial charge in [0.2, 0.25) is 5.91 Å². The molecule has 2 aliphatic carbocycles. The fraction of sp³-hybridized carbons (Fsp3) is 0.550. The van der Waals surface area contributed by atoms with Crippen LogP contribution in [0.2, 0.25) is 0 Å². The van der Waals surface area contributed by atoms with Crippen LogP contribution in [0.15, 0.2) is 18.2 Å². The van der Waals surface area contributed by atoms with Gasteiger partial charge in [0, 0.05) is 43.8 Å². The number of ketones is 2. The number of carbonyl (C=O) groups excluding carboxylic acids is 3. The Balaban J connectivity index is 1.49. The third kappa shape index (κ3) is 4.54. The summed E-state index contributed by atoms with van der Waals surface area (Å²) in [6.45, 7) is 0.377. The fourth-order valence-corrected chi connectivity index (χ4v) is 3.95. The van der Waals surface area contributed by atoms with E-state index in [1.54, 1.807) is 0 Å². The molecule has 1 saturated carbocycles. The van der Waals surface area contributed by atoms with Gasteiger partial charge in [0.15, 0.2) is 5.78 Å². The molecule has 5 nitrogen and oxygen atoms in total. The number of nitrogens with two attached hydrogens (primary N) is 1. The molecule has 1 aromatic rings. The Labute approximate surface area is 148 Å². The minimum absolute atomic E-state index is 0.0229. The Kier molecular flexibility index (Phi) is 5.63. The van der Waals surface area contributed by atoms with Gasteiger partial charge in [-0.05, 0) is 48.8 Å². The summed E-state index contributed by atoms with van der Waals surface area (Å²) in [5, 5.41) is 3.02. The maximum absolute atomic E-state index is 12.6. The van der Waals surface area contributed by atoms with E-state index in [4.69, 9.17) is 5.73 Å². The highest BCUT2D eigenvalue weighted by Gasteiger charge is 2.25. The van der Waals surface area contributed by atoms with Crippen molar-refractivity contribution in [1.29, 1.82) is 0 Å². The van der Waals surface area contributed by atoms with Crippen LogP contribution in [0.25, 0.3) is 0 Å². The molecule has 5 heteroatoms. The molecule has 3 N–H and O–H groups in total. The zero-order valence-corrected chi connectivity index (χ0v) is 14.6. The van der Waals surface area contributed by atoms with Gasteiger partial charge < -0.3 is 11.1 Å². The van der Waals surface area contributed by atoms with Gasteiger partial charge in [-0.2, -0.15) is 0 Å². The van der Waals surface area contributed by atoms with E-state index >= 15 is 0 Å². The zero-order chi connectivity index (χ0) is 17.8. The molecule has 0 spiro atoms. The van der Waals surface area contributed by atoms with Gasteiger partial charge in [-0.1, -0.05) is 12.1 Å². The monoisotopic (exact) mass is 342 g/mol. The highest BCUT2D eigenvalue weighted by atomic mass is 16.1. The molecule has 3 rings (SSSR count). The molecular weight excluding hydrogens is 316 g/mol. The standard InChI is InChI=1S/C20H26N2O3/c21-8-7-20(25)22-17-5-1-13(2-6-17)9-19(24)15-4-3-14-11-18(23)12-16(14)10-15/h3-4,10,13,17H,1-2,5-9,11-12,21H2,(H,22,25). The summed E-state index contributed by atoms with van der Waals surface area (Å²) in [5.41, 5.74) is 8.20. The van der Waals surface area contributed by atoms with Crippen molar-refractivity contribution < 1.29 is 14.4 Å². The van der Waals surface area contributed by atoms with E-state index in [1.165, 1.54) is 0 Å². The van der Waals surface area contributed by atoms with Crippen molar-refractivity contribution >= 4 is 17.5 Å². The number of fused-ring (bicyclic) bond motifs is 1. The maximum atomic E-state index is 12.6. The Morgan fingerprint density at radius 3 is 2.52 bits per heavy atom. The van der Waals surface area contributed by atoms with Crippen molar-refractivity contribution in [3.63, 3.8) is 0 Å². The maximum Gasteiger partial charge on any atom is 0.221 e. The SMILES string of the molecule is NCCC(=O)NC1CCC(CC(=O)c2ccc3c(c2)CC(=O)C3)CC1. The normalized spacial score (nSPS) is 22.5. The van der Waals surface area contributed by atoms with Gasteiger partial charge in [0.1, 0.15) is 5.78 Å². The molecule has 0 bridgehead atoms. The second-order valence-electron chi connectivity index (χ2n) is 7.33. The molecule has 134 valence electrons. The molecule has 1 amide bonds. The molecule has 1 aromatic carbocycles.